The van der Waals surface area contributed by atoms with Crippen LogP contribution in [0.25, 0.3) is 5.65 Å². The van der Waals surface area contributed by atoms with Crippen LogP contribution in [-0.2, 0) is 12.8 Å². The number of aryl methyl sites for hydroxylation is 3. The Hall–Kier alpha value is -2.69. The van der Waals surface area contributed by atoms with Gasteiger partial charge in [0.05, 0.1) is 5.69 Å². The zero-order chi connectivity index (χ0) is 19.1. The van der Waals surface area contributed by atoms with Gasteiger partial charge in [-0.05, 0) is 57.2 Å². The molecule has 0 atom stereocenters. The first-order chi connectivity index (χ1) is 13.0. The van der Waals surface area contributed by atoms with Gasteiger partial charge in [-0.1, -0.05) is 31.2 Å². The van der Waals surface area contributed by atoms with Crippen LogP contribution in [0.2, 0.25) is 0 Å². The summed E-state index contributed by atoms with van der Waals surface area (Å²) in [6.07, 6.45) is 2.78. The second-order valence-electron chi connectivity index (χ2n) is 7.56. The van der Waals surface area contributed by atoms with Crippen molar-refractivity contribution in [3.63, 3.8) is 0 Å². The first kappa shape index (κ1) is 17.7. The maximum atomic E-state index is 13.6. The Morgan fingerprint density at radius 1 is 1.19 bits per heavy atom. The van der Waals surface area contributed by atoms with E-state index in [0.29, 0.717) is 11.2 Å². The Morgan fingerprint density at radius 2 is 1.85 bits per heavy atom. The fourth-order valence-corrected chi connectivity index (χ4v) is 4.27. The van der Waals surface area contributed by atoms with Crippen LogP contribution in [-0.4, -0.2) is 38.0 Å². The van der Waals surface area contributed by atoms with Gasteiger partial charge in [-0.3, -0.25) is 4.79 Å². The second kappa shape index (κ2) is 6.80. The van der Waals surface area contributed by atoms with Gasteiger partial charge in [0.1, 0.15) is 5.56 Å². The molecule has 1 amide bonds. The highest BCUT2D eigenvalue weighted by molar-refractivity contribution is 6.01. The molecule has 3 aromatic rings. The first-order valence-corrected chi connectivity index (χ1v) is 9.71. The van der Waals surface area contributed by atoms with Crippen LogP contribution in [0, 0.1) is 20.8 Å². The molecule has 5 heteroatoms. The number of hydrogen-bond donors (Lipinski definition) is 0. The molecule has 0 aliphatic heterocycles. The number of nitrogens with zero attached hydrogens (tertiary/aromatic N) is 4. The largest absolute Gasteiger partial charge is 0.335 e. The molecule has 1 aromatic carbocycles. The summed E-state index contributed by atoms with van der Waals surface area (Å²) >= 11 is 0. The summed E-state index contributed by atoms with van der Waals surface area (Å²) < 4.78 is 1.79. The zero-order valence-corrected chi connectivity index (χ0v) is 16.5. The average molecular weight is 362 g/mol. The van der Waals surface area contributed by atoms with Crippen LogP contribution in [0.15, 0.2) is 30.3 Å². The van der Waals surface area contributed by atoms with Crippen molar-refractivity contribution >= 4 is 11.6 Å². The lowest BCUT2D eigenvalue weighted by atomic mass is 10.1. The topological polar surface area (TPSA) is 50.5 Å². The Kier molecular flexibility index (Phi) is 4.46. The molecule has 4 rings (SSSR count). The highest BCUT2D eigenvalue weighted by atomic mass is 16.2. The van der Waals surface area contributed by atoms with Crippen molar-refractivity contribution in [2.24, 2.45) is 0 Å². The van der Waals surface area contributed by atoms with Crippen LogP contribution in [0.1, 0.15) is 51.9 Å². The van der Waals surface area contributed by atoms with Gasteiger partial charge >= 0.3 is 0 Å². The zero-order valence-electron chi connectivity index (χ0n) is 16.5. The summed E-state index contributed by atoms with van der Waals surface area (Å²) in [5.74, 6) is 0.0552. The van der Waals surface area contributed by atoms with E-state index in [1.165, 1.54) is 11.1 Å². The summed E-state index contributed by atoms with van der Waals surface area (Å²) in [5.41, 5.74) is 6.69. The highest BCUT2D eigenvalue weighted by Gasteiger charge is 2.32. The van der Waals surface area contributed by atoms with Crippen LogP contribution in [0.5, 0.6) is 0 Å². The van der Waals surface area contributed by atoms with Gasteiger partial charge in [-0.2, -0.15) is 5.10 Å². The smallest absolute Gasteiger partial charge is 0.259 e. The van der Waals surface area contributed by atoms with E-state index in [1.807, 2.05) is 31.7 Å². The van der Waals surface area contributed by atoms with Crippen molar-refractivity contribution in [3.05, 3.63) is 64.1 Å². The van der Waals surface area contributed by atoms with E-state index in [4.69, 9.17) is 0 Å². The van der Waals surface area contributed by atoms with E-state index in [-0.39, 0.29) is 11.9 Å². The first-order valence-electron chi connectivity index (χ1n) is 9.71. The number of amides is 1. The average Bonchev–Trinajstić information content (AvgIpc) is 3.19. The fraction of sp³-hybridized carbons (Fsp3) is 0.409. The SMILES string of the molecule is CCCN(C(=O)c1c(C)nn2c(C)cc(C)nc12)C1Cc2ccccc2C1. The Labute approximate surface area is 160 Å². The summed E-state index contributed by atoms with van der Waals surface area (Å²) in [7, 11) is 0. The Morgan fingerprint density at radius 3 is 2.48 bits per heavy atom. The molecule has 1 aliphatic rings. The molecule has 0 unspecified atom stereocenters. The summed E-state index contributed by atoms with van der Waals surface area (Å²) in [6.45, 7) is 8.74. The molecule has 27 heavy (non-hydrogen) atoms. The van der Waals surface area contributed by atoms with Crippen molar-refractivity contribution in [2.45, 2.75) is 53.0 Å². The number of carbonyl (C=O) groups excluding carboxylic acids is 1. The fourth-order valence-electron chi connectivity index (χ4n) is 4.27. The number of carbonyl (C=O) groups is 1. The predicted octanol–water partition coefficient (Wildman–Crippen LogP) is 3.67. The third-order valence-corrected chi connectivity index (χ3v) is 5.48. The number of hydrogen-bond acceptors (Lipinski definition) is 3. The van der Waals surface area contributed by atoms with E-state index in [1.54, 1.807) is 4.52 Å². The van der Waals surface area contributed by atoms with Crippen molar-refractivity contribution in [3.8, 4) is 0 Å². The molecule has 0 saturated carbocycles. The number of rotatable bonds is 4. The molecule has 0 spiro atoms. The molecule has 0 N–H and O–H groups in total. The molecule has 0 fully saturated rings. The summed E-state index contributed by atoms with van der Waals surface area (Å²) in [6, 6.07) is 10.7. The van der Waals surface area contributed by atoms with Gasteiger partial charge in [0.15, 0.2) is 5.65 Å². The maximum absolute atomic E-state index is 13.6. The number of benzene rings is 1. The lowest BCUT2D eigenvalue weighted by Crippen LogP contribution is -2.41. The minimum atomic E-state index is 0.0552. The van der Waals surface area contributed by atoms with Crippen molar-refractivity contribution < 1.29 is 4.79 Å². The van der Waals surface area contributed by atoms with E-state index < -0.39 is 0 Å². The normalized spacial score (nSPS) is 13.9. The van der Waals surface area contributed by atoms with E-state index >= 15 is 0 Å². The van der Waals surface area contributed by atoms with Crippen LogP contribution >= 0.6 is 0 Å². The van der Waals surface area contributed by atoms with E-state index in [9.17, 15) is 4.79 Å². The third-order valence-electron chi connectivity index (χ3n) is 5.48. The van der Waals surface area contributed by atoms with Crippen LogP contribution in [0.4, 0.5) is 0 Å². The minimum Gasteiger partial charge on any atom is -0.335 e. The minimum absolute atomic E-state index is 0.0552. The lowest BCUT2D eigenvalue weighted by molar-refractivity contribution is 0.0686. The highest BCUT2D eigenvalue weighted by Crippen LogP contribution is 2.28. The summed E-state index contributed by atoms with van der Waals surface area (Å²) in [4.78, 5) is 20.3. The van der Waals surface area contributed by atoms with Gasteiger partial charge in [0.2, 0.25) is 0 Å². The molecule has 2 heterocycles. The standard InChI is InChI=1S/C22H26N4O/c1-5-10-25(19-12-17-8-6-7-9-18(17)13-19)22(27)20-16(4)24-26-15(3)11-14(2)23-21(20)26/h6-9,11,19H,5,10,12-13H2,1-4H3. The molecule has 5 nitrogen and oxygen atoms in total. The Balaban J connectivity index is 1.74. The summed E-state index contributed by atoms with van der Waals surface area (Å²) in [5, 5.41) is 4.59. The molecular weight excluding hydrogens is 336 g/mol. The van der Waals surface area contributed by atoms with Gasteiger partial charge < -0.3 is 4.90 Å². The maximum Gasteiger partial charge on any atom is 0.259 e. The second-order valence-corrected chi connectivity index (χ2v) is 7.56. The van der Waals surface area contributed by atoms with Gasteiger partial charge in [0.25, 0.3) is 5.91 Å². The number of fused-ring (bicyclic) bond motifs is 2. The predicted molar refractivity (Wildman–Crippen MR) is 106 cm³/mol. The quantitative estimate of drug-likeness (QED) is 0.711. The molecule has 0 radical (unpaired) electrons. The van der Waals surface area contributed by atoms with Gasteiger partial charge in [-0.25, -0.2) is 9.50 Å². The van der Waals surface area contributed by atoms with Crippen molar-refractivity contribution in [1.82, 2.24) is 19.5 Å². The van der Waals surface area contributed by atoms with E-state index in [2.05, 4.69) is 41.3 Å². The van der Waals surface area contributed by atoms with Gasteiger partial charge in [0, 0.05) is 24.0 Å². The molecule has 0 saturated heterocycles. The third kappa shape index (κ3) is 3.01. The molecule has 2 aromatic heterocycles. The lowest BCUT2D eigenvalue weighted by Gasteiger charge is -2.28. The van der Waals surface area contributed by atoms with Crippen molar-refractivity contribution in [1.29, 1.82) is 0 Å². The van der Waals surface area contributed by atoms with Crippen LogP contribution < -0.4 is 0 Å². The van der Waals surface area contributed by atoms with Crippen molar-refractivity contribution in [2.75, 3.05) is 6.54 Å². The Bertz CT molecular complexity index is 996. The molecule has 1 aliphatic carbocycles. The van der Waals surface area contributed by atoms with E-state index in [0.717, 1.165) is 42.9 Å². The molecule has 0 bridgehead atoms. The number of aromatic nitrogens is 3. The molecular formula is C22H26N4O. The molecule has 140 valence electrons. The van der Waals surface area contributed by atoms with Crippen LogP contribution in [0.3, 0.4) is 0 Å². The van der Waals surface area contributed by atoms with Gasteiger partial charge in [-0.15, -0.1) is 0 Å². The monoisotopic (exact) mass is 362 g/mol.